The van der Waals surface area contributed by atoms with Gasteiger partial charge in [-0.25, -0.2) is 0 Å². The van der Waals surface area contributed by atoms with Crippen molar-refractivity contribution in [2.24, 2.45) is 5.41 Å². The second kappa shape index (κ2) is 14.2. The number of hydrogen-bond acceptors (Lipinski definition) is 2. The first-order chi connectivity index (χ1) is 27.8. The molecule has 1 atom stereocenters. The van der Waals surface area contributed by atoms with E-state index >= 15 is 0 Å². The average molecular weight is 793 g/mol. The van der Waals surface area contributed by atoms with Crippen molar-refractivity contribution in [1.82, 2.24) is 0 Å². The summed E-state index contributed by atoms with van der Waals surface area (Å²) in [5, 5.41) is 0. The third-order valence-corrected chi connectivity index (χ3v) is 13.5. The van der Waals surface area contributed by atoms with E-state index < -0.39 is 0 Å². The molecule has 60 heavy (non-hydrogen) atoms. The van der Waals surface area contributed by atoms with Gasteiger partial charge in [0.2, 0.25) is 6.71 Å². The Bertz CT molecular complexity index is 2530. The number of fused-ring (bicyclic) bond motifs is 4. The molecule has 1 aliphatic carbocycles. The molecule has 0 saturated heterocycles. The van der Waals surface area contributed by atoms with E-state index in [4.69, 9.17) is 0 Å². The largest absolute Gasteiger partial charge is 0.335 e. The summed E-state index contributed by atoms with van der Waals surface area (Å²) in [5.41, 5.74) is 21.5. The molecule has 1 unspecified atom stereocenters. The fourth-order valence-electron chi connectivity index (χ4n) is 9.74. The monoisotopic (exact) mass is 793 g/mol. The molecule has 0 fully saturated rings. The van der Waals surface area contributed by atoms with Gasteiger partial charge in [0, 0.05) is 28.3 Å². The highest BCUT2D eigenvalue weighted by Gasteiger charge is 2.48. The number of hydrogen-bond donors (Lipinski definition) is 0. The topological polar surface area (TPSA) is 6.48 Å². The van der Waals surface area contributed by atoms with Crippen molar-refractivity contribution in [2.45, 2.75) is 145 Å². The van der Waals surface area contributed by atoms with Gasteiger partial charge < -0.3 is 9.80 Å². The molecule has 2 heterocycles. The fraction of sp³-hybridized carbons (Fsp3) is 0.404. The van der Waals surface area contributed by atoms with Crippen LogP contribution in [-0.2, 0) is 21.7 Å². The molecule has 3 heteroatoms. The number of benzene rings is 5. The minimum absolute atomic E-state index is 0.00255. The van der Waals surface area contributed by atoms with Crippen LogP contribution in [0.2, 0.25) is 0 Å². The highest BCUT2D eigenvalue weighted by Crippen LogP contribution is 2.50. The third kappa shape index (κ3) is 7.39. The Morgan fingerprint density at radius 2 is 1.00 bits per heavy atom. The molecule has 2 aliphatic heterocycles. The molecule has 0 amide bonds. The molecule has 0 radical (unpaired) electrons. The maximum atomic E-state index is 2.70. The van der Waals surface area contributed by atoms with Crippen LogP contribution in [0.1, 0.15) is 138 Å². The Balaban J connectivity index is 1.46. The fourth-order valence-corrected chi connectivity index (χ4v) is 9.74. The van der Waals surface area contributed by atoms with Crippen LogP contribution >= 0.6 is 0 Å². The van der Waals surface area contributed by atoms with Crippen molar-refractivity contribution in [3.05, 3.63) is 148 Å². The van der Waals surface area contributed by atoms with Gasteiger partial charge in [0.05, 0.1) is 11.7 Å². The third-order valence-electron chi connectivity index (χ3n) is 13.5. The second-order valence-electron chi connectivity index (χ2n) is 23.3. The van der Waals surface area contributed by atoms with Crippen LogP contribution in [0.15, 0.2) is 120 Å². The molecule has 0 aromatic heterocycles. The van der Waals surface area contributed by atoms with Crippen LogP contribution in [0.25, 0.3) is 11.1 Å². The zero-order valence-electron chi connectivity index (χ0n) is 39.6. The summed E-state index contributed by atoms with van der Waals surface area (Å²) < 4.78 is 0. The Morgan fingerprint density at radius 3 is 1.55 bits per heavy atom. The predicted octanol–water partition coefficient (Wildman–Crippen LogP) is 14.6. The van der Waals surface area contributed by atoms with Gasteiger partial charge in [-0.3, -0.25) is 0 Å². The molecule has 5 aromatic rings. The lowest BCUT2D eigenvalue weighted by Crippen LogP contribution is -2.61. The Labute approximate surface area is 363 Å². The summed E-state index contributed by atoms with van der Waals surface area (Å²) in [6.45, 7) is 37.4. The van der Waals surface area contributed by atoms with E-state index in [0.717, 1.165) is 6.42 Å². The van der Waals surface area contributed by atoms with Gasteiger partial charge in [-0.05, 0) is 133 Å². The van der Waals surface area contributed by atoms with E-state index in [1.54, 1.807) is 0 Å². The second-order valence-corrected chi connectivity index (χ2v) is 23.3. The number of rotatable bonds is 3. The molecule has 0 bridgehead atoms. The lowest BCUT2D eigenvalue weighted by Gasteiger charge is -2.50. The molecule has 8 rings (SSSR count). The lowest BCUT2D eigenvalue weighted by atomic mass is 9.31. The first kappa shape index (κ1) is 42.0. The van der Waals surface area contributed by atoms with E-state index in [1.807, 2.05) is 0 Å². The Morgan fingerprint density at radius 1 is 0.500 bits per heavy atom. The van der Waals surface area contributed by atoms with Crippen molar-refractivity contribution < 1.29 is 0 Å². The quantitative estimate of drug-likeness (QED) is 0.168. The zero-order chi connectivity index (χ0) is 43.5. The minimum Gasteiger partial charge on any atom is -0.335 e. The van der Waals surface area contributed by atoms with Gasteiger partial charge in [0.1, 0.15) is 0 Å². The van der Waals surface area contributed by atoms with Gasteiger partial charge in [0.25, 0.3) is 0 Å². The molecule has 310 valence electrons. The molecule has 3 aliphatic rings. The molecule has 5 aromatic carbocycles. The lowest BCUT2D eigenvalue weighted by molar-refractivity contribution is 0.509. The van der Waals surface area contributed by atoms with Gasteiger partial charge in [-0.15, -0.1) is 0 Å². The summed E-state index contributed by atoms with van der Waals surface area (Å²) in [4.78, 5) is 5.33. The van der Waals surface area contributed by atoms with Crippen LogP contribution in [0, 0.1) is 12.3 Å². The van der Waals surface area contributed by atoms with Crippen molar-refractivity contribution in [2.75, 3.05) is 9.80 Å². The minimum atomic E-state index is -0.00309. The predicted molar refractivity (Wildman–Crippen MR) is 264 cm³/mol. The molecule has 0 saturated carbocycles. The summed E-state index contributed by atoms with van der Waals surface area (Å²) in [5.74, 6) is 0. The van der Waals surface area contributed by atoms with Gasteiger partial charge in [-0.1, -0.05) is 176 Å². The Hall–Kier alpha value is -4.76. The summed E-state index contributed by atoms with van der Waals surface area (Å²) in [6, 6.07) is 38.7. The molecular formula is C57H69BN2. The molecule has 2 nitrogen and oxygen atoms in total. The highest BCUT2D eigenvalue weighted by molar-refractivity contribution is 6.95. The summed E-state index contributed by atoms with van der Waals surface area (Å²) in [7, 11) is 0. The number of anilines is 5. The van der Waals surface area contributed by atoms with Crippen LogP contribution in [0.5, 0.6) is 0 Å². The average Bonchev–Trinajstić information content (AvgIpc) is 3.15. The molecule has 0 spiro atoms. The smallest absolute Gasteiger partial charge is 0.247 e. The maximum Gasteiger partial charge on any atom is 0.247 e. The normalized spacial score (nSPS) is 16.9. The first-order valence-electron chi connectivity index (χ1n) is 22.5. The molecular weight excluding hydrogens is 723 g/mol. The Kier molecular flexibility index (Phi) is 9.90. The standard InChI is InChI=1S/C57H69BN2/c1-36-31-50-52-51(32-36)60(47-28-23-40(55(8,9)10)33-44(47)37-17-19-38(20-18-37)53(2,3)4)49-30-25-42(57(14,15)16)35-46(49)58(52)45-34-41(56(11,12)13)24-29-48(45)59(50)43-26-21-39(22-27-43)54(5,6)7/h17-28,30-35,48H,29H2,1-16H3. The maximum absolute atomic E-state index is 2.70. The van der Waals surface area contributed by atoms with E-state index in [2.05, 4.69) is 230 Å². The number of nitrogens with zero attached hydrogens (tertiary/aromatic N) is 2. The van der Waals surface area contributed by atoms with Crippen molar-refractivity contribution in [3.63, 3.8) is 0 Å². The van der Waals surface area contributed by atoms with Crippen LogP contribution < -0.4 is 20.7 Å². The van der Waals surface area contributed by atoms with Crippen molar-refractivity contribution in [3.8, 4) is 11.1 Å². The number of allylic oxidation sites excluding steroid dienone is 2. The van der Waals surface area contributed by atoms with Crippen molar-refractivity contribution in [1.29, 1.82) is 0 Å². The SMILES string of the molecule is Cc1cc2c3c(c1)N(c1ccc(C(C)(C)C)cc1)C1CC=C(C(C)(C)C)C=C1B3c1cc(C(C)(C)C)ccc1N2c1ccc(C(C)(C)C)cc1-c1ccc(C(C)(C)C)cc1. The number of aryl methyl sites for hydroxylation is 1. The van der Waals surface area contributed by atoms with Gasteiger partial charge >= 0.3 is 0 Å². The first-order valence-corrected chi connectivity index (χ1v) is 22.5. The summed E-state index contributed by atoms with van der Waals surface area (Å²) in [6.07, 6.45) is 6.10. The van der Waals surface area contributed by atoms with Crippen molar-refractivity contribution >= 4 is 46.1 Å². The van der Waals surface area contributed by atoms with E-state index in [-0.39, 0.29) is 39.8 Å². The zero-order valence-corrected chi connectivity index (χ0v) is 39.6. The summed E-state index contributed by atoms with van der Waals surface area (Å²) >= 11 is 0. The van der Waals surface area contributed by atoms with Gasteiger partial charge in [-0.2, -0.15) is 0 Å². The van der Waals surface area contributed by atoms with E-state index in [9.17, 15) is 0 Å². The highest BCUT2D eigenvalue weighted by atomic mass is 15.2. The van der Waals surface area contributed by atoms with Crippen LogP contribution in [-0.4, -0.2) is 12.8 Å². The van der Waals surface area contributed by atoms with Gasteiger partial charge in [0.15, 0.2) is 0 Å². The van der Waals surface area contributed by atoms with Crippen LogP contribution in [0.4, 0.5) is 28.4 Å². The van der Waals surface area contributed by atoms with E-state index in [0.29, 0.717) is 0 Å². The molecule has 0 N–H and O–H groups in total. The van der Waals surface area contributed by atoms with Crippen LogP contribution in [0.3, 0.4) is 0 Å². The van der Waals surface area contributed by atoms with E-state index in [1.165, 1.54) is 89.4 Å².